The van der Waals surface area contributed by atoms with Crippen LogP contribution in [0, 0.1) is 6.92 Å². The van der Waals surface area contributed by atoms with Gasteiger partial charge in [0.25, 0.3) is 0 Å². The molecule has 1 heterocycles. The number of benzene rings is 1. The van der Waals surface area contributed by atoms with Gasteiger partial charge in [-0.15, -0.1) is 0 Å². The number of allylic oxidation sites excluding steroid dienone is 1. The number of nitrogens with zero attached hydrogens (tertiary/aromatic N) is 1. The average molecular weight is 312 g/mol. The van der Waals surface area contributed by atoms with E-state index in [1.54, 1.807) is 0 Å². The number of carbonyl (C=O) groups excluding carboxylic acids is 1. The minimum atomic E-state index is 0.188. The van der Waals surface area contributed by atoms with Crippen molar-refractivity contribution >= 4 is 5.91 Å². The minimum absolute atomic E-state index is 0.188. The maximum atomic E-state index is 11.9. The summed E-state index contributed by atoms with van der Waals surface area (Å²) in [6.45, 7) is 6.20. The van der Waals surface area contributed by atoms with Gasteiger partial charge in [-0.25, -0.2) is 0 Å². The number of rotatable bonds is 6. The van der Waals surface area contributed by atoms with E-state index in [1.165, 1.54) is 29.5 Å². The Morgan fingerprint density at radius 2 is 2.22 bits per heavy atom. The summed E-state index contributed by atoms with van der Waals surface area (Å²) in [5.74, 6) is 0.836. The van der Waals surface area contributed by atoms with Crippen LogP contribution < -0.4 is 5.32 Å². The Morgan fingerprint density at radius 1 is 1.35 bits per heavy atom. The highest BCUT2D eigenvalue weighted by Gasteiger charge is 2.24. The highest BCUT2D eigenvalue weighted by molar-refractivity contribution is 5.78. The molecule has 3 nitrogen and oxygen atoms in total. The van der Waals surface area contributed by atoms with Crippen LogP contribution in [-0.4, -0.2) is 37.0 Å². The zero-order valence-corrected chi connectivity index (χ0v) is 14.2. The SMILES string of the molecule is Cc1ccccc1[C@@H]1CCN(CCNC(=O)CC2=CCCC2)C1. The van der Waals surface area contributed by atoms with Crippen molar-refractivity contribution < 1.29 is 4.79 Å². The standard InChI is InChI=1S/C20H28N2O/c1-16-6-2-5-9-19(16)18-10-12-22(15-18)13-11-21-20(23)14-17-7-3-4-8-17/h2,5-7,9,18H,3-4,8,10-15H2,1H3,(H,21,23)/t18-/m1/s1. The van der Waals surface area contributed by atoms with E-state index in [4.69, 9.17) is 0 Å². The van der Waals surface area contributed by atoms with E-state index in [-0.39, 0.29) is 5.91 Å². The van der Waals surface area contributed by atoms with Gasteiger partial charge < -0.3 is 10.2 Å². The zero-order chi connectivity index (χ0) is 16.1. The minimum Gasteiger partial charge on any atom is -0.355 e. The normalized spacial score (nSPS) is 21.4. The summed E-state index contributed by atoms with van der Waals surface area (Å²) in [6, 6.07) is 8.72. The summed E-state index contributed by atoms with van der Waals surface area (Å²) in [6.07, 6.45) is 7.54. The fourth-order valence-electron chi connectivity index (χ4n) is 3.85. The van der Waals surface area contributed by atoms with Crippen LogP contribution in [0.3, 0.4) is 0 Å². The van der Waals surface area contributed by atoms with Crippen molar-refractivity contribution in [2.24, 2.45) is 0 Å². The third-order valence-electron chi connectivity index (χ3n) is 5.17. The molecule has 1 aliphatic heterocycles. The molecule has 1 saturated heterocycles. The average Bonchev–Trinajstić information content (AvgIpc) is 3.20. The molecule has 1 fully saturated rings. The molecule has 124 valence electrons. The van der Waals surface area contributed by atoms with Crippen molar-refractivity contribution in [3.63, 3.8) is 0 Å². The number of amides is 1. The van der Waals surface area contributed by atoms with Crippen LogP contribution >= 0.6 is 0 Å². The Kier molecular flexibility index (Phi) is 5.50. The van der Waals surface area contributed by atoms with Crippen molar-refractivity contribution in [3.8, 4) is 0 Å². The number of hydrogen-bond acceptors (Lipinski definition) is 2. The highest BCUT2D eigenvalue weighted by atomic mass is 16.1. The second-order valence-corrected chi connectivity index (χ2v) is 6.92. The van der Waals surface area contributed by atoms with Gasteiger partial charge in [0.2, 0.25) is 5.91 Å². The van der Waals surface area contributed by atoms with Crippen molar-refractivity contribution in [3.05, 3.63) is 47.0 Å². The van der Waals surface area contributed by atoms with Gasteiger partial charge in [0.15, 0.2) is 0 Å². The first kappa shape index (κ1) is 16.3. The van der Waals surface area contributed by atoms with Crippen molar-refractivity contribution in [2.45, 2.75) is 44.9 Å². The lowest BCUT2D eigenvalue weighted by atomic mass is 9.94. The molecular weight excluding hydrogens is 284 g/mol. The van der Waals surface area contributed by atoms with Gasteiger partial charge in [0, 0.05) is 26.1 Å². The van der Waals surface area contributed by atoms with Crippen LogP contribution in [-0.2, 0) is 4.79 Å². The maximum absolute atomic E-state index is 11.9. The molecule has 3 rings (SSSR count). The van der Waals surface area contributed by atoms with Gasteiger partial charge in [-0.3, -0.25) is 4.79 Å². The first-order valence-corrected chi connectivity index (χ1v) is 8.95. The summed E-state index contributed by atoms with van der Waals surface area (Å²) < 4.78 is 0. The second kappa shape index (κ2) is 7.78. The largest absolute Gasteiger partial charge is 0.355 e. The molecule has 3 heteroatoms. The lowest BCUT2D eigenvalue weighted by Crippen LogP contribution is -2.33. The molecule has 0 radical (unpaired) electrons. The molecule has 0 bridgehead atoms. The molecule has 0 saturated carbocycles. The van der Waals surface area contributed by atoms with Gasteiger partial charge in [-0.1, -0.05) is 35.9 Å². The van der Waals surface area contributed by atoms with E-state index in [1.807, 2.05) is 0 Å². The summed E-state index contributed by atoms with van der Waals surface area (Å²) >= 11 is 0. The first-order valence-electron chi connectivity index (χ1n) is 8.95. The van der Waals surface area contributed by atoms with Crippen LogP contribution in [0.4, 0.5) is 0 Å². The van der Waals surface area contributed by atoms with Crippen LogP contribution in [0.5, 0.6) is 0 Å². The molecular formula is C20H28N2O. The second-order valence-electron chi connectivity index (χ2n) is 6.92. The predicted molar refractivity (Wildman–Crippen MR) is 94.5 cm³/mol. The Morgan fingerprint density at radius 3 is 3.00 bits per heavy atom. The van der Waals surface area contributed by atoms with Gasteiger partial charge in [-0.2, -0.15) is 0 Å². The molecule has 1 aromatic rings. The monoisotopic (exact) mass is 312 g/mol. The molecule has 2 aliphatic rings. The summed E-state index contributed by atoms with van der Waals surface area (Å²) in [7, 11) is 0. The predicted octanol–water partition coefficient (Wildman–Crippen LogP) is 3.40. The first-order chi connectivity index (χ1) is 11.2. The fourth-order valence-corrected chi connectivity index (χ4v) is 3.85. The van der Waals surface area contributed by atoms with Crippen LogP contribution in [0.15, 0.2) is 35.9 Å². The number of likely N-dealkylation sites (tertiary alicyclic amines) is 1. The number of carbonyl (C=O) groups is 1. The van der Waals surface area contributed by atoms with E-state index >= 15 is 0 Å². The topological polar surface area (TPSA) is 32.3 Å². The molecule has 1 aliphatic carbocycles. The van der Waals surface area contributed by atoms with Crippen LogP contribution in [0.2, 0.25) is 0 Å². The molecule has 23 heavy (non-hydrogen) atoms. The molecule has 0 aromatic heterocycles. The maximum Gasteiger partial charge on any atom is 0.224 e. The quantitative estimate of drug-likeness (QED) is 0.817. The number of nitrogens with one attached hydrogen (secondary N) is 1. The number of aryl methyl sites for hydroxylation is 1. The van der Waals surface area contributed by atoms with E-state index in [2.05, 4.69) is 47.5 Å². The smallest absolute Gasteiger partial charge is 0.224 e. The highest BCUT2D eigenvalue weighted by Crippen LogP contribution is 2.28. The summed E-state index contributed by atoms with van der Waals surface area (Å²) in [5.41, 5.74) is 4.22. The van der Waals surface area contributed by atoms with Crippen LogP contribution in [0.1, 0.15) is 49.1 Å². The summed E-state index contributed by atoms with van der Waals surface area (Å²) in [4.78, 5) is 14.4. The van der Waals surface area contributed by atoms with Gasteiger partial charge >= 0.3 is 0 Å². The molecule has 1 atom stereocenters. The van der Waals surface area contributed by atoms with E-state index in [0.717, 1.165) is 39.0 Å². The fraction of sp³-hybridized carbons (Fsp3) is 0.550. The van der Waals surface area contributed by atoms with Crippen LogP contribution in [0.25, 0.3) is 0 Å². The Hall–Kier alpha value is -1.61. The molecule has 0 unspecified atom stereocenters. The van der Waals surface area contributed by atoms with E-state index in [0.29, 0.717) is 12.3 Å². The van der Waals surface area contributed by atoms with E-state index < -0.39 is 0 Å². The van der Waals surface area contributed by atoms with Crippen molar-refractivity contribution in [2.75, 3.05) is 26.2 Å². The zero-order valence-electron chi connectivity index (χ0n) is 14.2. The Bertz CT molecular complexity index is 579. The lowest BCUT2D eigenvalue weighted by Gasteiger charge is -2.17. The lowest BCUT2D eigenvalue weighted by molar-refractivity contribution is -0.120. The third kappa shape index (κ3) is 4.44. The van der Waals surface area contributed by atoms with Crippen molar-refractivity contribution in [1.29, 1.82) is 0 Å². The van der Waals surface area contributed by atoms with Gasteiger partial charge in [0.1, 0.15) is 0 Å². The number of hydrogen-bond donors (Lipinski definition) is 1. The van der Waals surface area contributed by atoms with Gasteiger partial charge in [-0.05, 0) is 56.2 Å². The molecule has 1 amide bonds. The molecule has 1 N–H and O–H groups in total. The van der Waals surface area contributed by atoms with E-state index in [9.17, 15) is 4.79 Å². The Labute approximate surface area is 139 Å². The third-order valence-corrected chi connectivity index (χ3v) is 5.17. The summed E-state index contributed by atoms with van der Waals surface area (Å²) in [5, 5.41) is 3.08. The van der Waals surface area contributed by atoms with Crippen molar-refractivity contribution in [1.82, 2.24) is 10.2 Å². The Balaban J connectivity index is 1.39. The molecule has 1 aromatic carbocycles. The molecule has 0 spiro atoms. The van der Waals surface area contributed by atoms with Gasteiger partial charge in [0.05, 0.1) is 0 Å².